The summed E-state index contributed by atoms with van der Waals surface area (Å²) in [5, 5.41) is 10.7. The standard InChI is InChI=1S/C10H13N3O3/c11-7-2-1-3-9(7)16-10-4-5-12-6-8(10)13(14)15/h4-7,9H,1-3,11H2. The van der Waals surface area contributed by atoms with Gasteiger partial charge in [0, 0.05) is 18.3 Å². The van der Waals surface area contributed by atoms with Crippen LogP contribution in [0.25, 0.3) is 0 Å². The van der Waals surface area contributed by atoms with Gasteiger partial charge in [-0.15, -0.1) is 0 Å². The number of hydrogen-bond acceptors (Lipinski definition) is 5. The van der Waals surface area contributed by atoms with Gasteiger partial charge in [-0.3, -0.25) is 15.1 Å². The number of nitrogens with two attached hydrogens (primary N) is 1. The van der Waals surface area contributed by atoms with E-state index in [1.54, 1.807) is 0 Å². The van der Waals surface area contributed by atoms with E-state index in [0.29, 0.717) is 0 Å². The molecule has 1 aromatic rings. The molecule has 2 atom stereocenters. The average molecular weight is 223 g/mol. The highest BCUT2D eigenvalue weighted by Crippen LogP contribution is 2.29. The van der Waals surface area contributed by atoms with Crippen molar-refractivity contribution in [1.29, 1.82) is 0 Å². The maximum absolute atomic E-state index is 10.7. The number of rotatable bonds is 3. The zero-order valence-corrected chi connectivity index (χ0v) is 8.70. The van der Waals surface area contributed by atoms with Gasteiger partial charge in [0.15, 0.2) is 0 Å². The van der Waals surface area contributed by atoms with Gasteiger partial charge in [0.25, 0.3) is 0 Å². The lowest BCUT2D eigenvalue weighted by Gasteiger charge is -2.17. The summed E-state index contributed by atoms with van der Waals surface area (Å²) in [6, 6.07) is 1.47. The quantitative estimate of drug-likeness (QED) is 0.615. The monoisotopic (exact) mass is 223 g/mol. The van der Waals surface area contributed by atoms with E-state index >= 15 is 0 Å². The van der Waals surface area contributed by atoms with Gasteiger partial charge in [0.2, 0.25) is 5.75 Å². The van der Waals surface area contributed by atoms with Crippen molar-refractivity contribution in [2.45, 2.75) is 31.4 Å². The highest BCUT2D eigenvalue weighted by Gasteiger charge is 2.28. The van der Waals surface area contributed by atoms with Crippen molar-refractivity contribution in [2.24, 2.45) is 5.73 Å². The van der Waals surface area contributed by atoms with E-state index in [1.807, 2.05) is 0 Å². The summed E-state index contributed by atoms with van der Waals surface area (Å²) in [5.41, 5.74) is 5.73. The second-order valence-corrected chi connectivity index (χ2v) is 3.85. The molecule has 2 rings (SSSR count). The van der Waals surface area contributed by atoms with E-state index in [0.717, 1.165) is 19.3 Å². The molecule has 0 aromatic carbocycles. The summed E-state index contributed by atoms with van der Waals surface area (Å²) < 4.78 is 5.57. The first kappa shape index (κ1) is 10.8. The Bertz CT molecular complexity index is 397. The molecule has 0 amide bonds. The highest BCUT2D eigenvalue weighted by atomic mass is 16.6. The average Bonchev–Trinajstić information content (AvgIpc) is 2.65. The van der Waals surface area contributed by atoms with Gasteiger partial charge in [-0.05, 0) is 19.3 Å². The molecular formula is C10H13N3O3. The molecule has 0 bridgehead atoms. The summed E-state index contributed by atoms with van der Waals surface area (Å²) in [6.45, 7) is 0. The van der Waals surface area contributed by atoms with Gasteiger partial charge >= 0.3 is 5.69 Å². The van der Waals surface area contributed by atoms with Crippen molar-refractivity contribution >= 4 is 5.69 Å². The zero-order valence-electron chi connectivity index (χ0n) is 8.70. The molecule has 1 aromatic heterocycles. The van der Waals surface area contributed by atoms with Crippen LogP contribution in [0, 0.1) is 10.1 Å². The number of ether oxygens (including phenoxy) is 1. The van der Waals surface area contributed by atoms with Crippen molar-refractivity contribution in [3.63, 3.8) is 0 Å². The predicted molar refractivity (Wildman–Crippen MR) is 57.1 cm³/mol. The second kappa shape index (κ2) is 4.44. The molecule has 86 valence electrons. The van der Waals surface area contributed by atoms with Crippen LogP contribution in [0.5, 0.6) is 5.75 Å². The minimum absolute atomic E-state index is 0.0345. The summed E-state index contributed by atoms with van der Waals surface area (Å²) >= 11 is 0. The summed E-state index contributed by atoms with van der Waals surface area (Å²) in [5.74, 6) is 0.252. The van der Waals surface area contributed by atoms with Crippen LogP contribution in [0.3, 0.4) is 0 Å². The molecule has 2 N–H and O–H groups in total. The molecule has 2 unspecified atom stereocenters. The number of nitrogens with zero attached hydrogens (tertiary/aromatic N) is 2. The zero-order chi connectivity index (χ0) is 11.5. The largest absolute Gasteiger partial charge is 0.482 e. The van der Waals surface area contributed by atoms with Crippen LogP contribution in [0.15, 0.2) is 18.5 Å². The van der Waals surface area contributed by atoms with E-state index in [2.05, 4.69) is 4.98 Å². The van der Waals surface area contributed by atoms with Gasteiger partial charge in [-0.2, -0.15) is 0 Å². The number of hydrogen-bond donors (Lipinski definition) is 1. The van der Waals surface area contributed by atoms with E-state index in [4.69, 9.17) is 10.5 Å². The molecule has 1 aliphatic carbocycles. The summed E-state index contributed by atoms with van der Waals surface area (Å²) in [7, 11) is 0. The van der Waals surface area contributed by atoms with E-state index in [9.17, 15) is 10.1 Å². The topological polar surface area (TPSA) is 91.3 Å². The number of aromatic nitrogens is 1. The lowest BCUT2D eigenvalue weighted by atomic mass is 10.2. The molecular weight excluding hydrogens is 210 g/mol. The maximum atomic E-state index is 10.7. The van der Waals surface area contributed by atoms with Gasteiger partial charge in [0.05, 0.1) is 4.92 Å². The Hall–Kier alpha value is -1.69. The molecule has 0 aliphatic heterocycles. The first-order valence-electron chi connectivity index (χ1n) is 5.19. The van der Waals surface area contributed by atoms with Gasteiger partial charge < -0.3 is 10.5 Å². The Morgan fingerprint density at radius 3 is 3.00 bits per heavy atom. The summed E-state index contributed by atoms with van der Waals surface area (Å²) in [4.78, 5) is 13.9. The third-order valence-corrected chi connectivity index (χ3v) is 2.74. The van der Waals surface area contributed by atoms with Crippen LogP contribution >= 0.6 is 0 Å². The molecule has 0 spiro atoms. The van der Waals surface area contributed by atoms with Crippen molar-refractivity contribution in [3.05, 3.63) is 28.6 Å². The minimum Gasteiger partial charge on any atom is -0.482 e. The molecule has 0 radical (unpaired) electrons. The first-order chi connectivity index (χ1) is 7.68. The first-order valence-corrected chi connectivity index (χ1v) is 5.19. The Morgan fingerprint density at radius 2 is 2.38 bits per heavy atom. The van der Waals surface area contributed by atoms with Crippen LogP contribution in [-0.4, -0.2) is 22.1 Å². The lowest BCUT2D eigenvalue weighted by molar-refractivity contribution is -0.386. The lowest BCUT2D eigenvalue weighted by Crippen LogP contribution is -2.33. The fourth-order valence-electron chi connectivity index (χ4n) is 1.87. The molecule has 1 heterocycles. The molecule has 0 saturated heterocycles. The highest BCUT2D eigenvalue weighted by molar-refractivity contribution is 5.43. The van der Waals surface area contributed by atoms with E-state index < -0.39 is 4.92 Å². The van der Waals surface area contributed by atoms with Crippen LogP contribution in [0.1, 0.15) is 19.3 Å². The van der Waals surface area contributed by atoms with Crippen molar-refractivity contribution < 1.29 is 9.66 Å². The third kappa shape index (κ3) is 2.11. The van der Waals surface area contributed by atoms with Crippen LogP contribution < -0.4 is 10.5 Å². The normalized spacial score (nSPS) is 24.3. The number of pyridine rings is 1. The second-order valence-electron chi connectivity index (χ2n) is 3.85. The fourth-order valence-corrected chi connectivity index (χ4v) is 1.87. The molecule has 6 heteroatoms. The van der Waals surface area contributed by atoms with E-state index in [1.165, 1.54) is 18.5 Å². The SMILES string of the molecule is NC1CCCC1Oc1ccncc1[N+](=O)[O-]. The molecule has 1 fully saturated rings. The Balaban J connectivity index is 2.17. The minimum atomic E-state index is -0.497. The fraction of sp³-hybridized carbons (Fsp3) is 0.500. The van der Waals surface area contributed by atoms with Crippen LogP contribution in [-0.2, 0) is 0 Å². The Labute approximate surface area is 92.6 Å². The Morgan fingerprint density at radius 1 is 1.56 bits per heavy atom. The van der Waals surface area contributed by atoms with Gasteiger partial charge in [0.1, 0.15) is 12.3 Å². The van der Waals surface area contributed by atoms with Crippen molar-refractivity contribution in [3.8, 4) is 5.75 Å². The van der Waals surface area contributed by atoms with Crippen LogP contribution in [0.4, 0.5) is 5.69 Å². The van der Waals surface area contributed by atoms with E-state index in [-0.39, 0.29) is 23.6 Å². The number of nitro groups is 1. The van der Waals surface area contributed by atoms with Gasteiger partial charge in [-0.25, -0.2) is 0 Å². The van der Waals surface area contributed by atoms with Crippen molar-refractivity contribution in [2.75, 3.05) is 0 Å². The molecule has 16 heavy (non-hydrogen) atoms. The maximum Gasteiger partial charge on any atom is 0.329 e. The summed E-state index contributed by atoms with van der Waals surface area (Å²) in [6.07, 6.45) is 5.30. The molecule has 1 aliphatic rings. The molecule has 6 nitrogen and oxygen atoms in total. The van der Waals surface area contributed by atoms with Crippen molar-refractivity contribution in [1.82, 2.24) is 4.98 Å². The van der Waals surface area contributed by atoms with Gasteiger partial charge in [-0.1, -0.05) is 0 Å². The Kier molecular flexibility index (Phi) is 3.00. The predicted octanol–water partition coefficient (Wildman–Crippen LogP) is 1.25. The third-order valence-electron chi connectivity index (χ3n) is 2.74. The smallest absolute Gasteiger partial charge is 0.329 e. The molecule has 1 saturated carbocycles. The van der Waals surface area contributed by atoms with Crippen LogP contribution in [0.2, 0.25) is 0 Å².